The van der Waals surface area contributed by atoms with Crippen LogP contribution >= 0.6 is 0 Å². The first kappa shape index (κ1) is 19.6. The van der Waals surface area contributed by atoms with Gasteiger partial charge >= 0.3 is 0 Å². The van der Waals surface area contributed by atoms with Crippen molar-refractivity contribution in [1.82, 2.24) is 4.31 Å². The summed E-state index contributed by atoms with van der Waals surface area (Å²) < 4.78 is 25.4. The molecule has 0 aliphatic carbocycles. The maximum absolute atomic E-state index is 12.8. The predicted octanol–water partition coefficient (Wildman–Crippen LogP) is 3.66. The van der Waals surface area contributed by atoms with E-state index in [4.69, 9.17) is 0 Å². The van der Waals surface area contributed by atoms with Crippen molar-refractivity contribution in [1.29, 1.82) is 0 Å². The zero-order valence-corrected chi connectivity index (χ0v) is 16.6. The van der Waals surface area contributed by atoms with Crippen molar-refractivity contribution in [3.05, 3.63) is 54.1 Å². The van der Waals surface area contributed by atoms with Crippen molar-refractivity contribution in [3.8, 4) is 11.1 Å². The summed E-state index contributed by atoms with van der Waals surface area (Å²) in [5.74, 6) is -0.101. The normalized spacial score (nSPS) is 16.2. The first-order valence-corrected chi connectivity index (χ1v) is 11.0. The van der Waals surface area contributed by atoms with Crippen LogP contribution < -0.4 is 5.32 Å². The Balaban J connectivity index is 1.70. The van der Waals surface area contributed by atoms with Crippen LogP contribution in [0.3, 0.4) is 0 Å². The monoisotopic (exact) mass is 386 g/mol. The fraction of sp³-hybridized carbons (Fsp3) is 0.381. The van der Waals surface area contributed by atoms with Gasteiger partial charge in [0, 0.05) is 30.3 Å². The van der Waals surface area contributed by atoms with Gasteiger partial charge in [-0.25, -0.2) is 12.7 Å². The van der Waals surface area contributed by atoms with Crippen LogP contribution in [0.5, 0.6) is 0 Å². The molecular formula is C21H26N2O3S. The lowest BCUT2D eigenvalue weighted by molar-refractivity contribution is -0.120. The van der Waals surface area contributed by atoms with E-state index in [0.29, 0.717) is 25.9 Å². The molecule has 5 nitrogen and oxygen atoms in total. The molecule has 1 N–H and O–H groups in total. The first-order chi connectivity index (χ1) is 12.9. The summed E-state index contributed by atoms with van der Waals surface area (Å²) in [7, 11) is -3.17. The molecule has 0 bridgehead atoms. The van der Waals surface area contributed by atoms with Gasteiger partial charge in [0.1, 0.15) is 0 Å². The summed E-state index contributed by atoms with van der Waals surface area (Å²) in [5, 5.41) is 3.05. The van der Waals surface area contributed by atoms with Crippen LogP contribution in [0, 0.1) is 12.8 Å². The van der Waals surface area contributed by atoms with E-state index in [9.17, 15) is 13.2 Å². The summed E-state index contributed by atoms with van der Waals surface area (Å²) in [4.78, 5) is 12.8. The Morgan fingerprint density at radius 3 is 2.33 bits per heavy atom. The highest BCUT2D eigenvalue weighted by molar-refractivity contribution is 7.89. The van der Waals surface area contributed by atoms with Crippen LogP contribution in [-0.4, -0.2) is 37.5 Å². The van der Waals surface area contributed by atoms with Crippen LogP contribution in [0.1, 0.15) is 25.3 Å². The van der Waals surface area contributed by atoms with E-state index in [-0.39, 0.29) is 17.6 Å². The third kappa shape index (κ3) is 4.57. The van der Waals surface area contributed by atoms with Gasteiger partial charge in [0.15, 0.2) is 0 Å². The zero-order chi connectivity index (χ0) is 19.4. The third-order valence-electron chi connectivity index (χ3n) is 5.13. The Kier molecular flexibility index (Phi) is 5.97. The largest absolute Gasteiger partial charge is 0.325 e. The molecule has 1 fully saturated rings. The molecule has 1 heterocycles. The number of anilines is 1. The number of carbonyl (C=O) groups excluding carboxylic acids is 1. The van der Waals surface area contributed by atoms with E-state index >= 15 is 0 Å². The van der Waals surface area contributed by atoms with Crippen molar-refractivity contribution < 1.29 is 13.2 Å². The predicted molar refractivity (Wildman–Crippen MR) is 109 cm³/mol. The second-order valence-corrected chi connectivity index (χ2v) is 9.23. The van der Waals surface area contributed by atoms with Crippen molar-refractivity contribution in [2.45, 2.75) is 26.7 Å². The highest BCUT2D eigenvalue weighted by Gasteiger charge is 2.30. The lowest BCUT2D eigenvalue weighted by atomic mass is 9.96. The molecule has 1 saturated heterocycles. The SMILES string of the molecule is CCS(=O)(=O)N1CCC(C(=O)Nc2ccccc2-c2ccc(C)cc2)CC1. The molecular weight excluding hydrogens is 360 g/mol. The number of hydrogen-bond donors (Lipinski definition) is 1. The molecule has 0 saturated carbocycles. The smallest absolute Gasteiger partial charge is 0.227 e. The molecule has 144 valence electrons. The number of rotatable bonds is 5. The Morgan fingerprint density at radius 1 is 1.07 bits per heavy atom. The van der Waals surface area contributed by atoms with E-state index in [2.05, 4.69) is 29.6 Å². The van der Waals surface area contributed by atoms with Gasteiger partial charge in [-0.1, -0.05) is 48.0 Å². The van der Waals surface area contributed by atoms with Crippen LogP contribution in [0.15, 0.2) is 48.5 Å². The topological polar surface area (TPSA) is 66.5 Å². The Morgan fingerprint density at radius 2 is 1.70 bits per heavy atom. The second-order valence-electron chi connectivity index (χ2n) is 6.97. The van der Waals surface area contributed by atoms with Gasteiger partial charge in [-0.05, 0) is 38.3 Å². The van der Waals surface area contributed by atoms with E-state index < -0.39 is 10.0 Å². The molecule has 27 heavy (non-hydrogen) atoms. The lowest BCUT2D eigenvalue weighted by Crippen LogP contribution is -2.42. The summed E-state index contributed by atoms with van der Waals surface area (Å²) in [5.41, 5.74) is 4.02. The average molecular weight is 387 g/mol. The minimum atomic E-state index is -3.17. The summed E-state index contributed by atoms with van der Waals surface area (Å²) in [6, 6.07) is 16.0. The molecule has 0 radical (unpaired) electrons. The van der Waals surface area contributed by atoms with Crippen LogP contribution in [-0.2, 0) is 14.8 Å². The lowest BCUT2D eigenvalue weighted by Gasteiger charge is -2.30. The van der Waals surface area contributed by atoms with Gasteiger partial charge in [-0.2, -0.15) is 0 Å². The van der Waals surface area contributed by atoms with Crippen LogP contribution in [0.4, 0.5) is 5.69 Å². The highest BCUT2D eigenvalue weighted by Crippen LogP contribution is 2.29. The molecule has 1 aliphatic heterocycles. The molecule has 3 rings (SSSR count). The number of benzene rings is 2. The minimum absolute atomic E-state index is 0.0388. The molecule has 0 unspecified atom stereocenters. The van der Waals surface area contributed by atoms with E-state index in [0.717, 1.165) is 16.8 Å². The van der Waals surface area contributed by atoms with E-state index in [1.54, 1.807) is 6.92 Å². The van der Waals surface area contributed by atoms with Crippen molar-refractivity contribution in [3.63, 3.8) is 0 Å². The van der Waals surface area contributed by atoms with Gasteiger partial charge in [0.05, 0.1) is 5.75 Å². The molecule has 1 aliphatic rings. The zero-order valence-electron chi connectivity index (χ0n) is 15.8. The first-order valence-electron chi connectivity index (χ1n) is 9.35. The van der Waals surface area contributed by atoms with E-state index in [1.807, 2.05) is 31.2 Å². The molecule has 2 aromatic carbocycles. The van der Waals surface area contributed by atoms with Gasteiger partial charge in [-0.15, -0.1) is 0 Å². The molecule has 6 heteroatoms. The standard InChI is InChI=1S/C21H26N2O3S/c1-3-27(25,26)23-14-12-18(13-15-23)21(24)22-20-7-5-4-6-19(20)17-10-8-16(2)9-11-17/h4-11,18H,3,12-15H2,1-2H3,(H,22,24). The van der Waals surface area contributed by atoms with E-state index in [1.165, 1.54) is 9.87 Å². The number of sulfonamides is 1. The van der Waals surface area contributed by atoms with Crippen molar-refractivity contribution >= 4 is 21.6 Å². The van der Waals surface area contributed by atoms with Crippen molar-refractivity contribution in [2.75, 3.05) is 24.2 Å². The number of carbonyl (C=O) groups is 1. The fourth-order valence-corrected chi connectivity index (χ4v) is 4.52. The summed E-state index contributed by atoms with van der Waals surface area (Å²) in [6.45, 7) is 4.51. The fourth-order valence-electron chi connectivity index (χ4n) is 3.39. The molecule has 0 aromatic heterocycles. The average Bonchev–Trinajstić information content (AvgIpc) is 2.69. The Hall–Kier alpha value is -2.18. The third-order valence-corrected chi connectivity index (χ3v) is 7.01. The maximum atomic E-state index is 12.8. The van der Waals surface area contributed by atoms with Gasteiger partial charge in [0.25, 0.3) is 0 Å². The molecule has 2 aromatic rings. The number of nitrogens with one attached hydrogen (secondary N) is 1. The van der Waals surface area contributed by atoms with Crippen molar-refractivity contribution in [2.24, 2.45) is 5.92 Å². The summed E-state index contributed by atoms with van der Waals surface area (Å²) >= 11 is 0. The Labute approximate surface area is 161 Å². The number of nitrogens with zero attached hydrogens (tertiary/aromatic N) is 1. The summed E-state index contributed by atoms with van der Waals surface area (Å²) in [6.07, 6.45) is 1.11. The quantitative estimate of drug-likeness (QED) is 0.853. The number of amides is 1. The Bertz CT molecular complexity index is 899. The van der Waals surface area contributed by atoms with Crippen LogP contribution in [0.25, 0.3) is 11.1 Å². The maximum Gasteiger partial charge on any atom is 0.227 e. The molecule has 1 amide bonds. The number of hydrogen-bond acceptors (Lipinski definition) is 3. The number of para-hydroxylation sites is 1. The molecule has 0 spiro atoms. The van der Waals surface area contributed by atoms with Gasteiger partial charge < -0.3 is 5.32 Å². The van der Waals surface area contributed by atoms with Gasteiger partial charge in [0.2, 0.25) is 15.9 Å². The van der Waals surface area contributed by atoms with Crippen LogP contribution in [0.2, 0.25) is 0 Å². The minimum Gasteiger partial charge on any atom is -0.325 e. The molecule has 0 atom stereocenters. The number of piperidine rings is 1. The van der Waals surface area contributed by atoms with Gasteiger partial charge in [-0.3, -0.25) is 4.79 Å². The second kappa shape index (κ2) is 8.23. The highest BCUT2D eigenvalue weighted by atomic mass is 32.2. The number of aryl methyl sites for hydroxylation is 1.